The Morgan fingerprint density at radius 3 is 2.42 bits per heavy atom. The first-order valence-corrected chi connectivity index (χ1v) is 10.0. The standard InChI is InChI=1S/C21H33N3O2/c1-17-7-6-8-18(2)20(17)22-15-19(25)23-16-21(9-4-3-5-10-21)24-11-13-26-14-12-24/h6-8,22H,3-5,9-16H2,1-2H3,(H,23,25). The Balaban J connectivity index is 1.55. The third-order valence-electron chi connectivity index (χ3n) is 5.99. The van der Waals surface area contributed by atoms with Gasteiger partial charge in [-0.15, -0.1) is 0 Å². The number of rotatable bonds is 6. The van der Waals surface area contributed by atoms with Crippen LogP contribution in [0.3, 0.4) is 0 Å². The predicted octanol–water partition coefficient (Wildman–Crippen LogP) is 2.87. The summed E-state index contributed by atoms with van der Waals surface area (Å²) < 4.78 is 5.53. The number of hydrogen-bond acceptors (Lipinski definition) is 4. The van der Waals surface area contributed by atoms with Crippen molar-refractivity contribution >= 4 is 11.6 Å². The molecule has 0 aromatic heterocycles. The van der Waals surface area contributed by atoms with E-state index < -0.39 is 0 Å². The highest BCUT2D eigenvalue weighted by atomic mass is 16.5. The first-order chi connectivity index (χ1) is 12.6. The van der Waals surface area contributed by atoms with Gasteiger partial charge in [0.1, 0.15) is 0 Å². The molecule has 1 heterocycles. The van der Waals surface area contributed by atoms with Gasteiger partial charge in [0.15, 0.2) is 0 Å². The molecule has 5 heteroatoms. The SMILES string of the molecule is Cc1cccc(C)c1NCC(=O)NCC1(N2CCOCC2)CCCCC1. The predicted molar refractivity (Wildman–Crippen MR) is 106 cm³/mol. The summed E-state index contributed by atoms with van der Waals surface area (Å²) >= 11 is 0. The zero-order valence-corrected chi connectivity index (χ0v) is 16.3. The van der Waals surface area contributed by atoms with Crippen LogP contribution in [0, 0.1) is 13.8 Å². The number of nitrogens with zero attached hydrogens (tertiary/aromatic N) is 1. The summed E-state index contributed by atoms with van der Waals surface area (Å²) in [6.07, 6.45) is 6.19. The van der Waals surface area contributed by atoms with Crippen molar-refractivity contribution in [2.24, 2.45) is 0 Å². The van der Waals surface area contributed by atoms with Gasteiger partial charge in [-0.3, -0.25) is 9.69 Å². The number of carbonyl (C=O) groups is 1. The second kappa shape index (κ2) is 8.87. The van der Waals surface area contributed by atoms with Crippen LogP contribution in [0.25, 0.3) is 0 Å². The minimum atomic E-state index is 0.0749. The van der Waals surface area contributed by atoms with Crippen LogP contribution in [0.5, 0.6) is 0 Å². The van der Waals surface area contributed by atoms with E-state index in [1.807, 2.05) is 6.07 Å². The number of hydrogen-bond donors (Lipinski definition) is 2. The molecule has 144 valence electrons. The molecule has 0 radical (unpaired) electrons. The number of aryl methyl sites for hydroxylation is 2. The zero-order valence-electron chi connectivity index (χ0n) is 16.3. The van der Waals surface area contributed by atoms with Crippen molar-refractivity contribution in [1.82, 2.24) is 10.2 Å². The molecule has 1 saturated carbocycles. The van der Waals surface area contributed by atoms with Crippen LogP contribution in [0.2, 0.25) is 0 Å². The molecule has 3 rings (SSSR count). The lowest BCUT2D eigenvalue weighted by molar-refractivity contribution is -0.120. The summed E-state index contributed by atoms with van der Waals surface area (Å²) in [6.45, 7) is 8.80. The second-order valence-electron chi connectivity index (χ2n) is 7.78. The number of ether oxygens (including phenoxy) is 1. The normalized spacial score (nSPS) is 20.5. The molecule has 2 aliphatic rings. The van der Waals surface area contributed by atoms with Gasteiger partial charge in [0.25, 0.3) is 0 Å². The number of amides is 1. The van der Waals surface area contributed by atoms with Crippen molar-refractivity contribution in [3.8, 4) is 0 Å². The van der Waals surface area contributed by atoms with E-state index in [9.17, 15) is 4.79 Å². The quantitative estimate of drug-likeness (QED) is 0.820. The summed E-state index contributed by atoms with van der Waals surface area (Å²) in [5.41, 5.74) is 3.55. The molecule has 2 fully saturated rings. The third-order valence-corrected chi connectivity index (χ3v) is 5.99. The molecule has 1 aliphatic carbocycles. The largest absolute Gasteiger partial charge is 0.379 e. The van der Waals surface area contributed by atoms with E-state index in [0.717, 1.165) is 38.5 Å². The van der Waals surface area contributed by atoms with Gasteiger partial charge in [0.2, 0.25) is 5.91 Å². The fourth-order valence-electron chi connectivity index (χ4n) is 4.44. The van der Waals surface area contributed by atoms with E-state index in [1.165, 1.54) is 43.2 Å². The van der Waals surface area contributed by atoms with Crippen LogP contribution in [-0.4, -0.2) is 55.7 Å². The highest BCUT2D eigenvalue weighted by Crippen LogP contribution is 2.33. The van der Waals surface area contributed by atoms with Crippen LogP contribution in [0.15, 0.2) is 18.2 Å². The molecule has 0 spiro atoms. The van der Waals surface area contributed by atoms with E-state index in [4.69, 9.17) is 4.74 Å². The zero-order chi connectivity index (χ0) is 18.4. The molecular weight excluding hydrogens is 326 g/mol. The van der Waals surface area contributed by atoms with Crippen molar-refractivity contribution in [3.05, 3.63) is 29.3 Å². The lowest BCUT2D eigenvalue weighted by Crippen LogP contribution is -2.60. The van der Waals surface area contributed by atoms with Crippen LogP contribution in [-0.2, 0) is 9.53 Å². The highest BCUT2D eigenvalue weighted by molar-refractivity contribution is 5.81. The van der Waals surface area contributed by atoms with Crippen molar-refractivity contribution in [2.45, 2.75) is 51.5 Å². The highest BCUT2D eigenvalue weighted by Gasteiger charge is 2.38. The van der Waals surface area contributed by atoms with Crippen molar-refractivity contribution in [1.29, 1.82) is 0 Å². The van der Waals surface area contributed by atoms with E-state index >= 15 is 0 Å². The Hall–Kier alpha value is -1.59. The molecule has 26 heavy (non-hydrogen) atoms. The van der Waals surface area contributed by atoms with Crippen LogP contribution >= 0.6 is 0 Å². The number of carbonyl (C=O) groups excluding carboxylic acids is 1. The maximum absolute atomic E-state index is 12.5. The van der Waals surface area contributed by atoms with Gasteiger partial charge in [-0.1, -0.05) is 37.5 Å². The van der Waals surface area contributed by atoms with Gasteiger partial charge in [0, 0.05) is 30.9 Å². The van der Waals surface area contributed by atoms with Crippen molar-refractivity contribution in [3.63, 3.8) is 0 Å². The average Bonchev–Trinajstić information content (AvgIpc) is 2.67. The molecule has 1 aromatic rings. The minimum Gasteiger partial charge on any atom is -0.379 e. The summed E-state index contributed by atoms with van der Waals surface area (Å²) in [4.78, 5) is 15.1. The first-order valence-electron chi connectivity index (χ1n) is 10.0. The van der Waals surface area contributed by atoms with Crippen molar-refractivity contribution < 1.29 is 9.53 Å². The van der Waals surface area contributed by atoms with E-state index in [-0.39, 0.29) is 11.4 Å². The summed E-state index contributed by atoms with van der Waals surface area (Å²) in [7, 11) is 0. The van der Waals surface area contributed by atoms with E-state index in [1.54, 1.807) is 0 Å². The smallest absolute Gasteiger partial charge is 0.239 e. The molecule has 0 bridgehead atoms. The monoisotopic (exact) mass is 359 g/mol. The first kappa shape index (κ1) is 19.2. The molecule has 2 N–H and O–H groups in total. The molecule has 5 nitrogen and oxygen atoms in total. The third kappa shape index (κ3) is 4.57. The Kier molecular flexibility index (Phi) is 6.54. The lowest BCUT2D eigenvalue weighted by Gasteiger charge is -2.48. The Bertz CT molecular complexity index is 585. The van der Waals surface area contributed by atoms with Gasteiger partial charge in [0.05, 0.1) is 19.8 Å². The number of morpholine rings is 1. The molecule has 0 atom stereocenters. The minimum absolute atomic E-state index is 0.0749. The maximum atomic E-state index is 12.5. The van der Waals surface area contributed by atoms with E-state index in [2.05, 4.69) is 41.5 Å². The van der Waals surface area contributed by atoms with Gasteiger partial charge in [-0.25, -0.2) is 0 Å². The molecule has 0 unspecified atom stereocenters. The fourth-order valence-corrected chi connectivity index (χ4v) is 4.44. The van der Waals surface area contributed by atoms with Crippen molar-refractivity contribution in [2.75, 3.05) is 44.7 Å². The molecule has 1 aliphatic heterocycles. The van der Waals surface area contributed by atoms with E-state index in [0.29, 0.717) is 6.54 Å². The number of nitrogens with one attached hydrogen (secondary N) is 2. The van der Waals surface area contributed by atoms with Crippen LogP contribution in [0.4, 0.5) is 5.69 Å². The van der Waals surface area contributed by atoms with Gasteiger partial charge in [-0.05, 0) is 37.8 Å². The number of anilines is 1. The molecule has 1 amide bonds. The Labute approximate surface area is 157 Å². The number of benzene rings is 1. The summed E-state index contributed by atoms with van der Waals surface area (Å²) in [5.74, 6) is 0.0749. The Morgan fingerprint density at radius 1 is 1.12 bits per heavy atom. The van der Waals surface area contributed by atoms with Gasteiger partial charge >= 0.3 is 0 Å². The molecule has 1 aromatic carbocycles. The summed E-state index contributed by atoms with van der Waals surface area (Å²) in [5, 5.41) is 6.53. The molecule has 1 saturated heterocycles. The maximum Gasteiger partial charge on any atom is 0.239 e. The number of para-hydroxylation sites is 1. The van der Waals surface area contributed by atoms with Crippen LogP contribution < -0.4 is 10.6 Å². The topological polar surface area (TPSA) is 53.6 Å². The van der Waals surface area contributed by atoms with Gasteiger partial charge < -0.3 is 15.4 Å². The van der Waals surface area contributed by atoms with Crippen LogP contribution in [0.1, 0.15) is 43.2 Å². The fraction of sp³-hybridized carbons (Fsp3) is 0.667. The van der Waals surface area contributed by atoms with Gasteiger partial charge in [-0.2, -0.15) is 0 Å². The average molecular weight is 360 g/mol. The Morgan fingerprint density at radius 2 is 1.77 bits per heavy atom. The molecular formula is C21H33N3O2. The summed E-state index contributed by atoms with van der Waals surface area (Å²) in [6, 6.07) is 6.19. The lowest BCUT2D eigenvalue weighted by atomic mass is 9.79. The second-order valence-corrected chi connectivity index (χ2v) is 7.78.